The van der Waals surface area contributed by atoms with Gasteiger partial charge in [-0.15, -0.1) is 0 Å². The Hall–Kier alpha value is -0.347. The summed E-state index contributed by atoms with van der Waals surface area (Å²) < 4.78 is 4.05. The Morgan fingerprint density at radius 3 is 2.27 bits per heavy atom. The molecular formula is C9H14O5Zr. The van der Waals surface area contributed by atoms with Crippen molar-refractivity contribution < 1.29 is 50.4 Å². The summed E-state index contributed by atoms with van der Waals surface area (Å²) in [5.41, 5.74) is 0. The molecule has 0 amide bonds. The van der Waals surface area contributed by atoms with Gasteiger partial charge in [0.15, 0.2) is 0 Å². The Morgan fingerprint density at radius 1 is 1.33 bits per heavy atom. The third-order valence-electron chi connectivity index (χ3n) is 1.51. The number of ketones is 1. The van der Waals surface area contributed by atoms with E-state index in [0.29, 0.717) is 6.42 Å². The largest absolute Gasteiger partial charge is 0.393 e. The molecule has 0 heterocycles. The number of carbonyl (C=O) groups excluding carboxylic acids is 3. The van der Waals surface area contributed by atoms with E-state index in [4.69, 9.17) is 0 Å². The number of Topliss-reactive ketones (excluding diaryl/α,β-unsaturated/α-hetero) is 1. The summed E-state index contributed by atoms with van der Waals surface area (Å²) in [6.45, 7) is 2.88. The zero-order valence-electron chi connectivity index (χ0n) is 8.78. The molecule has 0 aromatic heterocycles. The Kier molecular flexibility index (Phi) is 10.1. The van der Waals surface area contributed by atoms with Crippen LogP contribution < -0.4 is 0 Å². The smallest absolute Gasteiger partial charge is 0.382 e. The van der Waals surface area contributed by atoms with Crippen LogP contribution >= 0.6 is 0 Å². The number of aliphatic hydroxyl groups is 1. The van der Waals surface area contributed by atoms with Crippen molar-refractivity contribution in [3.8, 4) is 0 Å². The van der Waals surface area contributed by atoms with Gasteiger partial charge in [-0.3, -0.25) is 9.59 Å². The average Bonchev–Trinajstić information content (AvgIpc) is 2.02. The Labute approximate surface area is 107 Å². The van der Waals surface area contributed by atoms with Crippen LogP contribution in [-0.4, -0.2) is 28.9 Å². The molecule has 0 saturated carbocycles. The van der Waals surface area contributed by atoms with Gasteiger partial charge in [-0.05, 0) is 6.42 Å². The second-order valence-electron chi connectivity index (χ2n) is 2.95. The van der Waals surface area contributed by atoms with Crippen LogP contribution in [0.2, 0.25) is 0 Å². The molecule has 0 aliphatic heterocycles. The van der Waals surface area contributed by atoms with Crippen LogP contribution in [0.5, 0.6) is 0 Å². The van der Waals surface area contributed by atoms with E-state index in [1.54, 1.807) is 0 Å². The van der Waals surface area contributed by atoms with Crippen LogP contribution in [-0.2, 0) is 45.3 Å². The number of hydrogen-bond acceptors (Lipinski definition) is 5. The second-order valence-corrected chi connectivity index (χ2v) is 2.95. The molecule has 0 aliphatic rings. The molecule has 0 radical (unpaired) electrons. The molecule has 0 aromatic rings. The molecule has 1 atom stereocenters. The van der Waals surface area contributed by atoms with Gasteiger partial charge in [-0.1, -0.05) is 13.3 Å². The van der Waals surface area contributed by atoms with E-state index in [9.17, 15) is 19.5 Å². The van der Waals surface area contributed by atoms with E-state index >= 15 is 0 Å². The standard InChI is InChI=1S/C9H14O5.Zr/c1-3-4-7(11)5-8(12)9(13)14-6(2)10;/h7,11H,3-5H2,1-2H3;. The van der Waals surface area contributed by atoms with Crippen molar-refractivity contribution in [1.82, 2.24) is 0 Å². The maximum atomic E-state index is 11.0. The molecule has 84 valence electrons. The fourth-order valence-electron chi connectivity index (χ4n) is 0.920. The number of esters is 2. The second kappa shape index (κ2) is 8.92. The molecule has 1 N–H and O–H groups in total. The van der Waals surface area contributed by atoms with Crippen LogP contribution in [0.4, 0.5) is 0 Å². The minimum absolute atomic E-state index is 0. The van der Waals surface area contributed by atoms with Crippen molar-refractivity contribution in [3.63, 3.8) is 0 Å². The fraction of sp³-hybridized carbons (Fsp3) is 0.667. The Bertz CT molecular complexity index is 239. The van der Waals surface area contributed by atoms with Gasteiger partial charge < -0.3 is 9.84 Å². The van der Waals surface area contributed by atoms with Crippen molar-refractivity contribution in [2.75, 3.05) is 0 Å². The summed E-state index contributed by atoms with van der Waals surface area (Å²) in [5.74, 6) is -2.90. The quantitative estimate of drug-likeness (QED) is 0.445. The van der Waals surface area contributed by atoms with Gasteiger partial charge in [-0.25, -0.2) is 4.79 Å². The van der Waals surface area contributed by atoms with Crippen LogP contribution in [0, 0.1) is 0 Å². The first kappa shape index (κ1) is 17.1. The van der Waals surface area contributed by atoms with Crippen molar-refractivity contribution in [3.05, 3.63) is 0 Å². The monoisotopic (exact) mass is 292 g/mol. The average molecular weight is 293 g/mol. The third-order valence-corrected chi connectivity index (χ3v) is 1.51. The molecular weight excluding hydrogens is 279 g/mol. The van der Waals surface area contributed by atoms with Crippen LogP contribution in [0.3, 0.4) is 0 Å². The molecule has 0 aromatic carbocycles. The number of ether oxygens (including phenoxy) is 1. The SMILES string of the molecule is CCCC(O)CC(=O)C(=O)OC(C)=O.[Zr]. The number of carbonyl (C=O) groups is 3. The molecule has 15 heavy (non-hydrogen) atoms. The van der Waals surface area contributed by atoms with E-state index in [1.165, 1.54) is 0 Å². The van der Waals surface area contributed by atoms with Gasteiger partial charge in [0.2, 0.25) is 5.78 Å². The van der Waals surface area contributed by atoms with Gasteiger partial charge in [0.25, 0.3) is 0 Å². The number of hydrogen-bond donors (Lipinski definition) is 1. The predicted molar refractivity (Wildman–Crippen MR) is 47.3 cm³/mol. The number of aliphatic hydroxyl groups excluding tert-OH is 1. The molecule has 5 nitrogen and oxygen atoms in total. The first-order valence-electron chi connectivity index (χ1n) is 4.41. The van der Waals surface area contributed by atoms with Crippen LogP contribution in [0.15, 0.2) is 0 Å². The zero-order valence-corrected chi connectivity index (χ0v) is 11.2. The molecule has 6 heteroatoms. The summed E-state index contributed by atoms with van der Waals surface area (Å²) in [6, 6.07) is 0. The topological polar surface area (TPSA) is 80.7 Å². The van der Waals surface area contributed by atoms with Gasteiger partial charge >= 0.3 is 11.9 Å². The van der Waals surface area contributed by atoms with Gasteiger partial charge in [0, 0.05) is 39.5 Å². The summed E-state index contributed by atoms with van der Waals surface area (Å²) in [4.78, 5) is 32.1. The van der Waals surface area contributed by atoms with Gasteiger partial charge in [0.05, 0.1) is 6.10 Å². The predicted octanol–water partition coefficient (Wildman–Crippen LogP) is 0.194. The van der Waals surface area contributed by atoms with E-state index in [-0.39, 0.29) is 32.6 Å². The molecule has 0 fully saturated rings. The zero-order chi connectivity index (χ0) is 11.1. The Morgan fingerprint density at radius 2 is 1.87 bits per heavy atom. The molecule has 0 saturated heterocycles. The van der Waals surface area contributed by atoms with Gasteiger partial charge in [-0.2, -0.15) is 0 Å². The van der Waals surface area contributed by atoms with E-state index in [1.807, 2.05) is 6.92 Å². The normalized spacial score (nSPS) is 11.1. The molecule has 0 aliphatic carbocycles. The molecule has 0 rings (SSSR count). The maximum Gasteiger partial charge on any atom is 0.382 e. The summed E-state index contributed by atoms with van der Waals surface area (Å²) in [6.07, 6.45) is 0.0296. The molecule has 0 spiro atoms. The van der Waals surface area contributed by atoms with E-state index < -0.39 is 23.8 Å². The van der Waals surface area contributed by atoms with E-state index in [2.05, 4.69) is 4.74 Å². The minimum atomic E-state index is -1.20. The Balaban J connectivity index is 0. The number of rotatable bonds is 5. The summed E-state index contributed by atoms with van der Waals surface area (Å²) >= 11 is 0. The fourth-order valence-corrected chi connectivity index (χ4v) is 0.920. The first-order valence-corrected chi connectivity index (χ1v) is 4.41. The van der Waals surface area contributed by atoms with Crippen molar-refractivity contribution in [1.29, 1.82) is 0 Å². The van der Waals surface area contributed by atoms with Crippen LogP contribution in [0.25, 0.3) is 0 Å². The van der Waals surface area contributed by atoms with E-state index in [0.717, 1.165) is 13.3 Å². The van der Waals surface area contributed by atoms with Gasteiger partial charge in [0.1, 0.15) is 0 Å². The van der Waals surface area contributed by atoms with Crippen molar-refractivity contribution in [2.45, 2.75) is 39.2 Å². The third kappa shape index (κ3) is 8.63. The minimum Gasteiger partial charge on any atom is -0.393 e. The maximum absolute atomic E-state index is 11.0. The summed E-state index contributed by atoms with van der Waals surface area (Å²) in [7, 11) is 0. The summed E-state index contributed by atoms with van der Waals surface area (Å²) in [5, 5.41) is 9.19. The van der Waals surface area contributed by atoms with Crippen molar-refractivity contribution in [2.24, 2.45) is 0 Å². The van der Waals surface area contributed by atoms with Crippen molar-refractivity contribution >= 4 is 17.7 Å². The molecule has 0 bridgehead atoms. The first-order chi connectivity index (χ1) is 6.47. The van der Waals surface area contributed by atoms with Crippen LogP contribution in [0.1, 0.15) is 33.1 Å². The molecule has 1 unspecified atom stereocenters.